The first-order valence-corrected chi connectivity index (χ1v) is 7.60. The molecule has 0 aromatic rings. The van der Waals surface area contributed by atoms with Crippen LogP contribution in [0.4, 0.5) is 4.79 Å². The second-order valence-corrected chi connectivity index (χ2v) is 4.85. The van der Waals surface area contributed by atoms with Crippen LogP contribution in [0.1, 0.15) is 33.1 Å². The van der Waals surface area contributed by atoms with Crippen molar-refractivity contribution >= 4 is 12.1 Å². The van der Waals surface area contributed by atoms with Gasteiger partial charge in [0.1, 0.15) is 0 Å². The van der Waals surface area contributed by atoms with E-state index in [0.717, 1.165) is 32.0 Å². The number of ether oxygens (including phenoxy) is 1. The highest BCUT2D eigenvalue weighted by atomic mass is 16.6. The van der Waals surface area contributed by atoms with Gasteiger partial charge in [0, 0.05) is 39.8 Å². The Kier molecular flexibility index (Phi) is 7.84. The van der Waals surface area contributed by atoms with E-state index in [0.29, 0.717) is 19.7 Å². The number of unbranched alkanes of at least 4 members (excludes halogenated alkanes) is 2. The van der Waals surface area contributed by atoms with Crippen LogP contribution in [0.2, 0.25) is 0 Å². The minimum atomic E-state index is -0.210. The molecule has 1 rings (SSSR count). The number of carbonyl (C=O) groups is 1. The van der Waals surface area contributed by atoms with Gasteiger partial charge in [0.2, 0.25) is 0 Å². The number of carbonyl (C=O) groups excluding carboxylic acids is 1. The number of nitrogens with zero attached hydrogens (tertiary/aromatic N) is 3. The van der Waals surface area contributed by atoms with Crippen molar-refractivity contribution in [1.29, 1.82) is 0 Å². The largest absolute Gasteiger partial charge is 0.450 e. The van der Waals surface area contributed by atoms with Gasteiger partial charge in [0.15, 0.2) is 5.96 Å². The molecule has 0 unspecified atom stereocenters. The van der Waals surface area contributed by atoms with Crippen LogP contribution in [0.5, 0.6) is 0 Å². The van der Waals surface area contributed by atoms with E-state index in [2.05, 4.69) is 22.1 Å². The van der Waals surface area contributed by atoms with Gasteiger partial charge in [0.25, 0.3) is 0 Å². The fourth-order valence-corrected chi connectivity index (χ4v) is 2.22. The average molecular weight is 284 g/mol. The van der Waals surface area contributed by atoms with Crippen molar-refractivity contribution in [2.24, 2.45) is 4.99 Å². The lowest BCUT2D eigenvalue weighted by Gasteiger charge is -2.35. The lowest BCUT2D eigenvalue weighted by Crippen LogP contribution is -2.54. The van der Waals surface area contributed by atoms with Gasteiger partial charge in [-0.15, -0.1) is 0 Å². The van der Waals surface area contributed by atoms with Crippen LogP contribution in [0, 0.1) is 0 Å². The molecule has 20 heavy (non-hydrogen) atoms. The zero-order chi connectivity index (χ0) is 14.8. The van der Waals surface area contributed by atoms with Crippen molar-refractivity contribution in [2.45, 2.75) is 33.1 Å². The fourth-order valence-electron chi connectivity index (χ4n) is 2.22. The molecule has 1 aliphatic rings. The van der Waals surface area contributed by atoms with Crippen LogP contribution < -0.4 is 5.32 Å². The molecule has 1 N–H and O–H groups in total. The summed E-state index contributed by atoms with van der Waals surface area (Å²) in [6, 6.07) is 0. The fraction of sp³-hybridized carbons (Fsp3) is 0.857. The Labute approximate surface area is 122 Å². The molecule has 1 saturated heterocycles. The van der Waals surface area contributed by atoms with E-state index < -0.39 is 0 Å². The standard InChI is InChI=1S/C14H28N4O2/c1-4-6-7-8-16-13(15-3)17-9-11-18(12-10-17)14(19)20-5-2/h4-12H2,1-3H3,(H,15,16). The number of aliphatic imine (C=N–C) groups is 1. The predicted molar refractivity (Wildman–Crippen MR) is 81.1 cm³/mol. The van der Waals surface area contributed by atoms with Crippen molar-refractivity contribution in [1.82, 2.24) is 15.1 Å². The summed E-state index contributed by atoms with van der Waals surface area (Å²) in [6.45, 7) is 8.39. The molecular weight excluding hydrogens is 256 g/mol. The van der Waals surface area contributed by atoms with Crippen molar-refractivity contribution in [3.05, 3.63) is 0 Å². The number of nitrogens with one attached hydrogen (secondary N) is 1. The molecule has 0 bridgehead atoms. The number of hydrogen-bond acceptors (Lipinski definition) is 3. The van der Waals surface area contributed by atoms with Crippen molar-refractivity contribution in [3.63, 3.8) is 0 Å². The highest BCUT2D eigenvalue weighted by molar-refractivity contribution is 5.80. The summed E-state index contributed by atoms with van der Waals surface area (Å²) in [7, 11) is 1.81. The third-order valence-electron chi connectivity index (χ3n) is 3.38. The second kappa shape index (κ2) is 9.44. The topological polar surface area (TPSA) is 57.2 Å². The molecule has 1 fully saturated rings. The predicted octanol–water partition coefficient (Wildman–Crippen LogP) is 1.53. The molecule has 0 spiro atoms. The van der Waals surface area contributed by atoms with E-state index in [9.17, 15) is 4.79 Å². The smallest absolute Gasteiger partial charge is 0.409 e. The molecule has 0 radical (unpaired) electrons. The second-order valence-electron chi connectivity index (χ2n) is 4.85. The Hall–Kier alpha value is -1.46. The summed E-state index contributed by atoms with van der Waals surface area (Å²) in [6.07, 6.45) is 3.41. The molecular formula is C14H28N4O2. The lowest BCUT2D eigenvalue weighted by molar-refractivity contribution is 0.0914. The molecule has 1 amide bonds. The molecule has 0 aliphatic carbocycles. The van der Waals surface area contributed by atoms with E-state index in [4.69, 9.17) is 4.74 Å². The lowest BCUT2D eigenvalue weighted by atomic mass is 10.2. The normalized spacial score (nSPS) is 16.2. The van der Waals surface area contributed by atoms with Crippen LogP contribution in [-0.2, 0) is 4.74 Å². The third kappa shape index (κ3) is 5.27. The van der Waals surface area contributed by atoms with Crippen LogP contribution in [0.3, 0.4) is 0 Å². The Morgan fingerprint density at radius 3 is 2.35 bits per heavy atom. The maximum Gasteiger partial charge on any atom is 0.409 e. The summed E-state index contributed by atoms with van der Waals surface area (Å²) < 4.78 is 5.02. The van der Waals surface area contributed by atoms with E-state index in [1.165, 1.54) is 12.8 Å². The molecule has 6 heteroatoms. The van der Waals surface area contributed by atoms with E-state index >= 15 is 0 Å². The first kappa shape index (κ1) is 16.6. The molecule has 116 valence electrons. The summed E-state index contributed by atoms with van der Waals surface area (Å²) in [5.41, 5.74) is 0. The van der Waals surface area contributed by atoms with Crippen molar-refractivity contribution < 1.29 is 9.53 Å². The van der Waals surface area contributed by atoms with Gasteiger partial charge < -0.3 is 19.9 Å². The quantitative estimate of drug-likeness (QED) is 0.472. The summed E-state index contributed by atoms with van der Waals surface area (Å²) in [5.74, 6) is 0.935. The Balaban J connectivity index is 2.33. The maximum atomic E-state index is 11.6. The molecule has 1 aliphatic heterocycles. The Morgan fingerprint density at radius 2 is 1.80 bits per heavy atom. The maximum absolute atomic E-state index is 11.6. The zero-order valence-electron chi connectivity index (χ0n) is 13.0. The van der Waals surface area contributed by atoms with E-state index in [-0.39, 0.29) is 6.09 Å². The number of piperazine rings is 1. The van der Waals surface area contributed by atoms with Gasteiger partial charge in [-0.3, -0.25) is 4.99 Å². The van der Waals surface area contributed by atoms with Crippen LogP contribution in [0.15, 0.2) is 4.99 Å². The van der Waals surface area contributed by atoms with Gasteiger partial charge in [-0.1, -0.05) is 19.8 Å². The molecule has 0 saturated carbocycles. The van der Waals surface area contributed by atoms with Crippen molar-refractivity contribution in [3.8, 4) is 0 Å². The van der Waals surface area contributed by atoms with E-state index in [1.807, 2.05) is 6.92 Å². The first-order chi connectivity index (χ1) is 9.72. The number of rotatable bonds is 5. The minimum absolute atomic E-state index is 0.210. The van der Waals surface area contributed by atoms with Crippen LogP contribution in [0.25, 0.3) is 0 Å². The molecule has 0 aromatic heterocycles. The van der Waals surface area contributed by atoms with E-state index in [1.54, 1.807) is 11.9 Å². The van der Waals surface area contributed by atoms with Gasteiger partial charge >= 0.3 is 6.09 Å². The molecule has 0 aromatic carbocycles. The number of hydrogen-bond donors (Lipinski definition) is 1. The number of guanidine groups is 1. The van der Waals surface area contributed by atoms with Crippen LogP contribution >= 0.6 is 0 Å². The van der Waals surface area contributed by atoms with Gasteiger partial charge in [-0.2, -0.15) is 0 Å². The van der Waals surface area contributed by atoms with Crippen LogP contribution in [-0.4, -0.2) is 68.2 Å². The Bertz CT molecular complexity index is 312. The third-order valence-corrected chi connectivity index (χ3v) is 3.38. The first-order valence-electron chi connectivity index (χ1n) is 7.60. The highest BCUT2D eigenvalue weighted by Crippen LogP contribution is 2.04. The SMILES string of the molecule is CCCCCNC(=NC)N1CCN(C(=O)OCC)CC1. The molecule has 1 heterocycles. The molecule has 0 atom stereocenters. The van der Waals surface area contributed by atoms with Gasteiger partial charge in [-0.05, 0) is 13.3 Å². The summed E-state index contributed by atoms with van der Waals surface area (Å²) >= 11 is 0. The summed E-state index contributed by atoms with van der Waals surface area (Å²) in [5, 5.41) is 3.38. The molecule has 6 nitrogen and oxygen atoms in total. The average Bonchev–Trinajstić information content (AvgIpc) is 2.48. The van der Waals surface area contributed by atoms with Gasteiger partial charge in [0.05, 0.1) is 6.61 Å². The number of amides is 1. The van der Waals surface area contributed by atoms with Crippen molar-refractivity contribution in [2.75, 3.05) is 46.4 Å². The Morgan fingerprint density at radius 1 is 1.15 bits per heavy atom. The zero-order valence-corrected chi connectivity index (χ0v) is 13.0. The monoisotopic (exact) mass is 284 g/mol. The minimum Gasteiger partial charge on any atom is -0.450 e. The van der Waals surface area contributed by atoms with Gasteiger partial charge in [-0.25, -0.2) is 4.79 Å². The highest BCUT2D eigenvalue weighted by Gasteiger charge is 2.23. The summed E-state index contributed by atoms with van der Waals surface area (Å²) in [4.78, 5) is 19.9.